The van der Waals surface area contributed by atoms with E-state index in [2.05, 4.69) is 5.32 Å². The first-order chi connectivity index (χ1) is 10.6. The van der Waals surface area contributed by atoms with Crippen molar-refractivity contribution >= 4 is 11.9 Å². The van der Waals surface area contributed by atoms with Crippen LogP contribution in [0.4, 0.5) is 4.39 Å². The summed E-state index contributed by atoms with van der Waals surface area (Å²) in [7, 11) is 0. The van der Waals surface area contributed by atoms with E-state index >= 15 is 0 Å². The Hall–Kier alpha value is -2.69. The van der Waals surface area contributed by atoms with Crippen molar-refractivity contribution in [3.8, 4) is 11.1 Å². The first-order valence-electron chi connectivity index (χ1n) is 6.97. The summed E-state index contributed by atoms with van der Waals surface area (Å²) in [6.07, 6.45) is 0.480. The van der Waals surface area contributed by atoms with E-state index in [9.17, 15) is 14.0 Å². The summed E-state index contributed by atoms with van der Waals surface area (Å²) in [6.45, 7) is 0.326. The van der Waals surface area contributed by atoms with Crippen molar-refractivity contribution in [2.75, 3.05) is 6.61 Å². The number of rotatable bonds is 3. The molecule has 112 valence electrons. The minimum absolute atomic E-state index is 0.326. The highest BCUT2D eigenvalue weighted by Crippen LogP contribution is 2.21. The molecule has 1 amide bonds. The van der Waals surface area contributed by atoms with E-state index in [0.717, 1.165) is 5.56 Å². The third-order valence-electron chi connectivity index (χ3n) is 3.52. The van der Waals surface area contributed by atoms with E-state index in [0.29, 0.717) is 24.2 Å². The predicted molar refractivity (Wildman–Crippen MR) is 78.7 cm³/mol. The number of esters is 1. The Morgan fingerprint density at radius 3 is 2.55 bits per heavy atom. The number of halogens is 1. The minimum atomic E-state index is -0.592. The maximum Gasteiger partial charge on any atom is 0.328 e. The van der Waals surface area contributed by atoms with Crippen LogP contribution in [0.3, 0.4) is 0 Å². The molecule has 3 rings (SSSR count). The van der Waals surface area contributed by atoms with E-state index < -0.39 is 12.0 Å². The molecule has 0 aromatic heterocycles. The van der Waals surface area contributed by atoms with Crippen molar-refractivity contribution < 1.29 is 18.7 Å². The molecule has 1 aliphatic rings. The minimum Gasteiger partial charge on any atom is -0.464 e. The molecule has 1 saturated heterocycles. The molecule has 1 fully saturated rings. The number of benzene rings is 2. The van der Waals surface area contributed by atoms with E-state index in [1.807, 2.05) is 0 Å². The highest BCUT2D eigenvalue weighted by atomic mass is 19.1. The molecular formula is C17H14FNO3. The molecule has 4 nitrogen and oxygen atoms in total. The molecule has 2 aromatic carbocycles. The van der Waals surface area contributed by atoms with Gasteiger partial charge in [-0.25, -0.2) is 9.18 Å². The Balaban J connectivity index is 1.81. The van der Waals surface area contributed by atoms with Crippen LogP contribution in [0, 0.1) is 5.82 Å². The number of carbonyl (C=O) groups is 2. The van der Waals surface area contributed by atoms with Crippen molar-refractivity contribution in [1.82, 2.24) is 5.32 Å². The zero-order valence-electron chi connectivity index (χ0n) is 11.7. The topological polar surface area (TPSA) is 55.4 Å². The van der Waals surface area contributed by atoms with Gasteiger partial charge in [0.05, 0.1) is 6.61 Å². The molecule has 0 spiro atoms. The average Bonchev–Trinajstić information content (AvgIpc) is 2.92. The predicted octanol–water partition coefficient (Wildman–Crippen LogP) is 2.54. The van der Waals surface area contributed by atoms with Crippen LogP contribution in [0.2, 0.25) is 0 Å². The summed E-state index contributed by atoms with van der Waals surface area (Å²) >= 11 is 0. The van der Waals surface area contributed by atoms with Crippen LogP contribution >= 0.6 is 0 Å². The molecule has 0 radical (unpaired) electrons. The Labute approximate surface area is 126 Å². The first kappa shape index (κ1) is 14.3. The van der Waals surface area contributed by atoms with Crippen molar-refractivity contribution in [3.05, 3.63) is 59.9 Å². The average molecular weight is 299 g/mol. The lowest BCUT2D eigenvalue weighted by Crippen LogP contribution is -2.37. The normalized spacial score (nSPS) is 17.1. The van der Waals surface area contributed by atoms with Gasteiger partial charge in [0.2, 0.25) is 0 Å². The van der Waals surface area contributed by atoms with Crippen LogP contribution in [0.1, 0.15) is 16.8 Å². The summed E-state index contributed by atoms with van der Waals surface area (Å²) in [4.78, 5) is 23.6. The van der Waals surface area contributed by atoms with Crippen LogP contribution < -0.4 is 5.32 Å². The van der Waals surface area contributed by atoms with Gasteiger partial charge in [-0.3, -0.25) is 4.79 Å². The first-order valence-corrected chi connectivity index (χ1v) is 6.97. The molecule has 22 heavy (non-hydrogen) atoms. The smallest absolute Gasteiger partial charge is 0.328 e. The molecule has 1 heterocycles. The fourth-order valence-electron chi connectivity index (χ4n) is 2.38. The number of carbonyl (C=O) groups excluding carboxylic acids is 2. The fraction of sp³-hybridized carbons (Fsp3) is 0.176. The number of amides is 1. The van der Waals surface area contributed by atoms with Crippen molar-refractivity contribution in [3.63, 3.8) is 0 Å². The monoisotopic (exact) mass is 299 g/mol. The quantitative estimate of drug-likeness (QED) is 0.886. The summed E-state index contributed by atoms with van der Waals surface area (Å²) < 4.78 is 18.1. The van der Waals surface area contributed by atoms with Gasteiger partial charge in [-0.2, -0.15) is 0 Å². The van der Waals surface area contributed by atoms with E-state index in [-0.39, 0.29) is 11.7 Å². The summed E-state index contributed by atoms with van der Waals surface area (Å²) in [5.41, 5.74) is 1.84. The zero-order valence-corrected chi connectivity index (χ0v) is 11.7. The summed E-state index contributed by atoms with van der Waals surface area (Å²) in [5, 5.41) is 2.65. The second-order valence-corrected chi connectivity index (χ2v) is 5.07. The third kappa shape index (κ3) is 2.98. The molecule has 5 heteroatoms. The molecule has 1 aliphatic heterocycles. The van der Waals surface area contributed by atoms with E-state index in [1.54, 1.807) is 36.4 Å². The number of hydrogen-bond donors (Lipinski definition) is 1. The van der Waals surface area contributed by atoms with Gasteiger partial charge in [0.25, 0.3) is 5.91 Å². The van der Waals surface area contributed by atoms with Gasteiger partial charge in [-0.15, -0.1) is 0 Å². The van der Waals surface area contributed by atoms with Crippen molar-refractivity contribution in [2.24, 2.45) is 0 Å². The van der Waals surface area contributed by atoms with Crippen LogP contribution in [-0.2, 0) is 9.53 Å². The number of hydrogen-bond acceptors (Lipinski definition) is 3. The number of cyclic esters (lactones) is 1. The molecule has 1 atom stereocenters. The maximum absolute atomic E-state index is 13.3. The van der Waals surface area contributed by atoms with Crippen LogP contribution in [0.25, 0.3) is 11.1 Å². The Morgan fingerprint density at radius 2 is 1.86 bits per heavy atom. The van der Waals surface area contributed by atoms with Gasteiger partial charge in [-0.1, -0.05) is 24.3 Å². The fourth-order valence-corrected chi connectivity index (χ4v) is 2.38. The lowest BCUT2D eigenvalue weighted by atomic mass is 10.0. The van der Waals surface area contributed by atoms with Crippen molar-refractivity contribution in [2.45, 2.75) is 12.5 Å². The Bertz CT molecular complexity index is 729. The molecular weight excluding hydrogens is 285 g/mol. The standard InChI is InChI=1S/C17H14FNO3/c18-14-6-2-4-12(10-14)11-3-1-5-13(9-11)16(20)19-15-7-8-22-17(15)21/h1-6,9-10,15H,7-8H2,(H,19,20)/t15-/m1/s1. The largest absolute Gasteiger partial charge is 0.464 e. The van der Waals surface area contributed by atoms with Gasteiger partial charge in [0.1, 0.15) is 11.9 Å². The maximum atomic E-state index is 13.3. The van der Waals surface area contributed by atoms with Gasteiger partial charge in [0.15, 0.2) is 0 Å². The zero-order chi connectivity index (χ0) is 15.5. The van der Waals surface area contributed by atoms with Gasteiger partial charge >= 0.3 is 5.97 Å². The molecule has 0 unspecified atom stereocenters. The molecule has 0 aliphatic carbocycles. The molecule has 0 bridgehead atoms. The van der Waals surface area contributed by atoms with Crippen LogP contribution in [0.5, 0.6) is 0 Å². The summed E-state index contributed by atoms with van der Waals surface area (Å²) in [6, 6.07) is 12.4. The SMILES string of the molecule is O=C(N[C@@H]1CCOC1=O)c1cccc(-c2cccc(F)c2)c1. The Kier molecular flexibility index (Phi) is 3.87. The lowest BCUT2D eigenvalue weighted by Gasteiger charge is -2.10. The molecule has 1 N–H and O–H groups in total. The van der Waals surface area contributed by atoms with Gasteiger partial charge in [0, 0.05) is 12.0 Å². The third-order valence-corrected chi connectivity index (χ3v) is 3.52. The Morgan fingerprint density at radius 1 is 1.14 bits per heavy atom. The van der Waals surface area contributed by atoms with Crippen LogP contribution in [-0.4, -0.2) is 24.5 Å². The van der Waals surface area contributed by atoms with Crippen LogP contribution in [0.15, 0.2) is 48.5 Å². The molecule has 2 aromatic rings. The van der Waals surface area contributed by atoms with Crippen molar-refractivity contribution in [1.29, 1.82) is 0 Å². The lowest BCUT2D eigenvalue weighted by molar-refractivity contribution is -0.139. The van der Waals surface area contributed by atoms with E-state index in [4.69, 9.17) is 4.74 Å². The number of ether oxygens (including phenoxy) is 1. The second-order valence-electron chi connectivity index (χ2n) is 5.07. The van der Waals surface area contributed by atoms with Gasteiger partial charge < -0.3 is 10.1 Å². The number of nitrogens with one attached hydrogen (secondary N) is 1. The highest BCUT2D eigenvalue weighted by molar-refractivity contribution is 5.98. The highest BCUT2D eigenvalue weighted by Gasteiger charge is 2.28. The second kappa shape index (κ2) is 5.97. The summed E-state index contributed by atoms with van der Waals surface area (Å²) in [5.74, 6) is -1.09. The van der Waals surface area contributed by atoms with E-state index in [1.165, 1.54) is 12.1 Å². The van der Waals surface area contributed by atoms with Gasteiger partial charge in [-0.05, 0) is 35.4 Å². The molecule has 0 saturated carbocycles.